The predicted molar refractivity (Wildman–Crippen MR) is 194 cm³/mol. The van der Waals surface area contributed by atoms with E-state index in [1.807, 2.05) is 103 Å². The predicted octanol–water partition coefficient (Wildman–Crippen LogP) is 6.06. The second kappa shape index (κ2) is 13.4. The summed E-state index contributed by atoms with van der Waals surface area (Å²) in [4.78, 5) is 49.4. The Morgan fingerprint density at radius 2 is 1.49 bits per heavy atom. The van der Waals surface area contributed by atoms with Crippen molar-refractivity contribution < 1.29 is 24.2 Å². The van der Waals surface area contributed by atoms with Crippen LogP contribution in [0.25, 0.3) is 10.8 Å². The molecule has 0 radical (unpaired) electrons. The Labute approximate surface area is 294 Å². The smallest absolute Gasteiger partial charge is 0.253 e. The molecule has 7 rings (SSSR count). The number of fused-ring (bicyclic) bond motifs is 2. The van der Waals surface area contributed by atoms with E-state index in [1.54, 1.807) is 22.0 Å². The highest BCUT2D eigenvalue weighted by Crippen LogP contribution is 2.61. The van der Waals surface area contributed by atoms with Crippen LogP contribution in [0.15, 0.2) is 128 Å². The van der Waals surface area contributed by atoms with Gasteiger partial charge in [-0.25, -0.2) is 0 Å². The Balaban J connectivity index is 1.37. The number of amides is 3. The molecule has 49 heavy (non-hydrogen) atoms. The summed E-state index contributed by atoms with van der Waals surface area (Å²) in [5.41, 5.74) is 0.672. The third kappa shape index (κ3) is 5.41. The lowest BCUT2D eigenvalue weighted by molar-refractivity contribution is -0.144. The quantitative estimate of drug-likeness (QED) is 0.150. The average molecular weight is 721 g/mol. The van der Waals surface area contributed by atoms with Crippen molar-refractivity contribution in [2.75, 3.05) is 29.5 Å². The number of halogens is 1. The number of carbonyl (C=O) groups is 3. The van der Waals surface area contributed by atoms with Gasteiger partial charge in [0, 0.05) is 29.3 Å². The summed E-state index contributed by atoms with van der Waals surface area (Å²) in [5, 5.41) is 12.9. The number of nitrogens with zero attached hydrogens (tertiary/aromatic N) is 3. The van der Waals surface area contributed by atoms with Crippen molar-refractivity contribution in [1.82, 2.24) is 4.90 Å². The maximum atomic E-state index is 15.2. The minimum atomic E-state index is -1.33. The highest BCUT2D eigenvalue weighted by Gasteiger charge is 2.77. The molecule has 3 fully saturated rings. The highest BCUT2D eigenvalue weighted by molar-refractivity contribution is 9.09. The number of aliphatic hydroxyl groups is 1. The van der Waals surface area contributed by atoms with Crippen molar-refractivity contribution in [3.8, 4) is 0 Å². The molecule has 4 aromatic rings. The third-order valence-corrected chi connectivity index (χ3v) is 11.1. The molecule has 250 valence electrons. The molecular weight excluding hydrogens is 682 g/mol. The van der Waals surface area contributed by atoms with Crippen LogP contribution in [0.5, 0.6) is 0 Å². The van der Waals surface area contributed by atoms with Crippen LogP contribution in [0.3, 0.4) is 0 Å². The molecule has 7 atom stereocenters. The molecule has 3 aliphatic rings. The van der Waals surface area contributed by atoms with Gasteiger partial charge < -0.3 is 24.5 Å². The molecule has 1 N–H and O–H groups in total. The van der Waals surface area contributed by atoms with Gasteiger partial charge >= 0.3 is 0 Å². The first-order valence-corrected chi connectivity index (χ1v) is 17.4. The van der Waals surface area contributed by atoms with E-state index in [-0.39, 0.29) is 35.6 Å². The van der Waals surface area contributed by atoms with E-state index in [0.29, 0.717) is 23.4 Å². The van der Waals surface area contributed by atoms with Crippen LogP contribution in [0.4, 0.5) is 11.4 Å². The molecule has 3 saturated heterocycles. The van der Waals surface area contributed by atoms with Gasteiger partial charge in [0.2, 0.25) is 11.8 Å². The Morgan fingerprint density at radius 1 is 0.878 bits per heavy atom. The van der Waals surface area contributed by atoms with Crippen LogP contribution in [0.2, 0.25) is 0 Å². The first-order chi connectivity index (χ1) is 23.8. The molecule has 3 heterocycles. The molecule has 3 unspecified atom stereocenters. The standard InChI is InChI=1S/C40H38BrN3O5/c1-3-21-42(29-17-9-6-10-18-29)37(46)33-34-38(47)44(32(25-45)27-14-7-5-8-15-27)36(40(34)24-31(41)35(33)49-40)39(48)43(22-4-2)30-20-19-26-13-11-12-16-28(26)23-30/h3-20,23,31-36,45H,1-2,21-22,24-25H2/t31?,32-,33-,34+,35-,36?,40?/m1/s1. The number of para-hydroxylation sites is 1. The molecule has 0 saturated carbocycles. The molecule has 8 nitrogen and oxygen atoms in total. The van der Waals surface area contributed by atoms with Gasteiger partial charge in [0.1, 0.15) is 11.6 Å². The van der Waals surface area contributed by atoms with Gasteiger partial charge in [0.05, 0.1) is 30.6 Å². The fraction of sp³-hybridized carbons (Fsp3) is 0.275. The topological polar surface area (TPSA) is 90.4 Å². The van der Waals surface area contributed by atoms with Gasteiger partial charge in [-0.3, -0.25) is 14.4 Å². The second-order valence-electron chi connectivity index (χ2n) is 12.9. The summed E-state index contributed by atoms with van der Waals surface area (Å²) in [7, 11) is 0. The van der Waals surface area contributed by atoms with Crippen molar-refractivity contribution in [1.29, 1.82) is 0 Å². The molecule has 2 bridgehead atoms. The molecule has 0 aromatic heterocycles. The lowest BCUT2D eigenvalue weighted by Gasteiger charge is -2.39. The zero-order chi connectivity index (χ0) is 34.3. The van der Waals surface area contributed by atoms with Crippen LogP contribution < -0.4 is 9.80 Å². The van der Waals surface area contributed by atoms with E-state index >= 15 is 9.59 Å². The van der Waals surface area contributed by atoms with Crippen LogP contribution in [0, 0.1) is 11.8 Å². The fourth-order valence-corrected chi connectivity index (χ4v) is 9.12. The highest BCUT2D eigenvalue weighted by atomic mass is 79.9. The van der Waals surface area contributed by atoms with Gasteiger partial charge in [-0.15, -0.1) is 13.2 Å². The summed E-state index contributed by atoms with van der Waals surface area (Å²) in [5.74, 6) is -2.85. The van der Waals surface area contributed by atoms with Gasteiger partial charge in [-0.1, -0.05) is 107 Å². The average Bonchev–Trinajstić information content (AvgIpc) is 3.73. The Bertz CT molecular complexity index is 1900. The largest absolute Gasteiger partial charge is 0.394 e. The molecule has 3 aliphatic heterocycles. The molecule has 9 heteroatoms. The van der Waals surface area contributed by atoms with E-state index in [1.165, 1.54) is 4.90 Å². The van der Waals surface area contributed by atoms with Crippen LogP contribution >= 0.6 is 15.9 Å². The number of hydrogen-bond donors (Lipinski definition) is 1. The number of hydrogen-bond acceptors (Lipinski definition) is 5. The lowest BCUT2D eigenvalue weighted by atomic mass is 9.70. The van der Waals surface area contributed by atoms with Crippen molar-refractivity contribution in [3.63, 3.8) is 0 Å². The first kappa shape index (κ1) is 33.0. The van der Waals surface area contributed by atoms with Crippen LogP contribution in [-0.4, -0.2) is 70.0 Å². The molecule has 4 aromatic carbocycles. The zero-order valence-electron chi connectivity index (χ0n) is 27.0. The number of likely N-dealkylation sites (tertiary alicyclic amines) is 1. The number of carbonyl (C=O) groups excluding carboxylic acids is 3. The summed E-state index contributed by atoms with van der Waals surface area (Å²) in [6.07, 6.45) is 3.00. The van der Waals surface area contributed by atoms with Crippen molar-refractivity contribution in [3.05, 3.63) is 134 Å². The Hall–Kier alpha value is -4.57. The third-order valence-electron chi connectivity index (χ3n) is 10.2. The van der Waals surface area contributed by atoms with Crippen LogP contribution in [-0.2, 0) is 19.1 Å². The monoisotopic (exact) mass is 719 g/mol. The van der Waals surface area contributed by atoms with Crippen LogP contribution in [0.1, 0.15) is 18.0 Å². The van der Waals surface area contributed by atoms with Crippen molar-refractivity contribution >= 4 is 55.8 Å². The summed E-state index contributed by atoms with van der Waals surface area (Å²) < 4.78 is 6.86. The Kier molecular flexibility index (Phi) is 9.00. The van der Waals surface area contributed by atoms with Gasteiger partial charge in [0.25, 0.3) is 5.91 Å². The second-order valence-corrected chi connectivity index (χ2v) is 14.0. The maximum absolute atomic E-state index is 15.2. The number of ether oxygens (including phenoxy) is 1. The minimum Gasteiger partial charge on any atom is -0.394 e. The summed E-state index contributed by atoms with van der Waals surface area (Å²) in [6, 6.07) is 30.2. The lowest BCUT2D eigenvalue weighted by Crippen LogP contribution is -2.58. The number of rotatable bonds is 11. The number of benzene rings is 4. The zero-order valence-corrected chi connectivity index (χ0v) is 28.6. The normalized spacial score (nSPS) is 26.0. The maximum Gasteiger partial charge on any atom is 0.253 e. The molecule has 0 aliphatic carbocycles. The van der Waals surface area contributed by atoms with Gasteiger partial charge in [-0.05, 0) is 47.0 Å². The van der Waals surface area contributed by atoms with E-state index in [9.17, 15) is 9.90 Å². The van der Waals surface area contributed by atoms with E-state index in [2.05, 4.69) is 29.1 Å². The van der Waals surface area contributed by atoms with Gasteiger partial charge in [-0.2, -0.15) is 0 Å². The number of alkyl halides is 1. The van der Waals surface area contributed by atoms with E-state index < -0.39 is 42.2 Å². The van der Waals surface area contributed by atoms with E-state index in [4.69, 9.17) is 4.74 Å². The number of anilines is 2. The SMILES string of the molecule is C=CCN(C(=O)C1N([C@H](CO)c2ccccc2)C(=O)[C@@H]2[C@@H](C(=O)N(CC=C)c3ccccc3)[C@@H]3OC12CC3Br)c1ccc2ccccc2c1. The minimum absolute atomic E-state index is 0.177. The fourth-order valence-electron chi connectivity index (χ4n) is 8.18. The molecular formula is C40H38BrN3O5. The van der Waals surface area contributed by atoms with Crippen molar-refractivity contribution in [2.24, 2.45) is 11.8 Å². The molecule has 3 amide bonds. The molecule has 1 spiro atoms. The van der Waals surface area contributed by atoms with Gasteiger partial charge in [0.15, 0.2) is 0 Å². The summed E-state index contributed by atoms with van der Waals surface area (Å²) in [6.45, 7) is 7.81. The number of aliphatic hydroxyl groups excluding tert-OH is 1. The Morgan fingerprint density at radius 3 is 2.14 bits per heavy atom. The first-order valence-electron chi connectivity index (χ1n) is 16.5. The summed E-state index contributed by atoms with van der Waals surface area (Å²) >= 11 is 3.80. The van der Waals surface area contributed by atoms with Crippen molar-refractivity contribution in [2.45, 2.75) is 35.0 Å². The van der Waals surface area contributed by atoms with E-state index in [0.717, 1.165) is 10.8 Å².